The van der Waals surface area contributed by atoms with Gasteiger partial charge in [0.1, 0.15) is 17.3 Å². The van der Waals surface area contributed by atoms with E-state index >= 15 is 0 Å². The number of nitrogens with zero attached hydrogens (tertiary/aromatic N) is 7. The fourth-order valence-corrected chi connectivity index (χ4v) is 6.92. The van der Waals surface area contributed by atoms with Gasteiger partial charge >= 0.3 is 0 Å². The summed E-state index contributed by atoms with van der Waals surface area (Å²) < 4.78 is 8.03. The Morgan fingerprint density at radius 3 is 2.20 bits per heavy atom. The standard InChI is InChI=1S/C32H29Cl2N7O3/c1-2-40-12-17(11-39-13-18(42)14-39)29-30(40)37-23(10-36-29)21-7-3-5-19(27(21)33)20-6-4-8-22(28(20)34)24-9-35-25-15-41-16-26(43)32(41)44-31(25)38-24/h3-10,12,18,26,32,42-43H,2,11,13-16H2,1H3. The van der Waals surface area contributed by atoms with Crippen molar-refractivity contribution in [3.05, 3.63) is 76.3 Å². The topological polar surface area (TPSA) is 113 Å². The lowest BCUT2D eigenvalue weighted by molar-refractivity contribution is -0.172. The van der Waals surface area contributed by atoms with Gasteiger partial charge in [0.25, 0.3) is 0 Å². The van der Waals surface area contributed by atoms with Crippen LogP contribution in [-0.2, 0) is 19.6 Å². The minimum absolute atomic E-state index is 0.251. The first-order valence-electron chi connectivity index (χ1n) is 14.7. The van der Waals surface area contributed by atoms with Crippen LogP contribution in [0.3, 0.4) is 0 Å². The fraction of sp³-hybridized carbons (Fsp3) is 0.312. The van der Waals surface area contributed by atoms with Gasteiger partial charge in [0, 0.05) is 73.3 Å². The van der Waals surface area contributed by atoms with Crippen molar-refractivity contribution in [2.45, 2.75) is 45.0 Å². The third-order valence-electron chi connectivity index (χ3n) is 8.66. The molecule has 3 aromatic heterocycles. The van der Waals surface area contributed by atoms with E-state index in [2.05, 4.69) is 27.6 Å². The van der Waals surface area contributed by atoms with Crippen LogP contribution in [0.15, 0.2) is 55.0 Å². The maximum Gasteiger partial charge on any atom is 0.239 e. The van der Waals surface area contributed by atoms with E-state index in [1.807, 2.05) is 41.3 Å². The zero-order chi connectivity index (χ0) is 30.1. The van der Waals surface area contributed by atoms with Gasteiger partial charge in [-0.05, 0) is 6.92 Å². The number of hydrogen-bond donors (Lipinski definition) is 2. The number of β-amino-alcohol motifs (C(OH)–C–C–N with tert-alkyl or cyclic N) is 1. The quantitative estimate of drug-likeness (QED) is 0.278. The normalized spacial score (nSPS) is 20.1. The molecule has 2 aromatic carbocycles. The Morgan fingerprint density at radius 1 is 0.886 bits per heavy atom. The Labute approximate surface area is 263 Å². The minimum Gasteiger partial charge on any atom is -0.454 e. The van der Waals surface area contributed by atoms with Gasteiger partial charge in [-0.2, -0.15) is 0 Å². The summed E-state index contributed by atoms with van der Waals surface area (Å²) in [7, 11) is 0. The van der Waals surface area contributed by atoms with E-state index in [4.69, 9.17) is 42.9 Å². The van der Waals surface area contributed by atoms with Crippen LogP contribution in [-0.4, -0.2) is 82.6 Å². The van der Waals surface area contributed by atoms with E-state index in [0.717, 1.165) is 52.2 Å². The first-order chi connectivity index (χ1) is 21.4. The summed E-state index contributed by atoms with van der Waals surface area (Å²) in [5.74, 6) is 0.417. The highest BCUT2D eigenvalue weighted by molar-refractivity contribution is 6.39. The van der Waals surface area contributed by atoms with E-state index in [1.165, 1.54) is 0 Å². The van der Waals surface area contributed by atoms with Crippen molar-refractivity contribution >= 4 is 34.4 Å². The third kappa shape index (κ3) is 4.56. The van der Waals surface area contributed by atoms with Crippen molar-refractivity contribution in [2.75, 3.05) is 19.6 Å². The molecule has 2 saturated heterocycles. The molecule has 224 valence electrons. The van der Waals surface area contributed by atoms with E-state index in [0.29, 0.717) is 59.1 Å². The number of rotatable bonds is 6. The van der Waals surface area contributed by atoms with Crippen LogP contribution >= 0.6 is 23.2 Å². The second-order valence-electron chi connectivity index (χ2n) is 11.6. The molecule has 0 saturated carbocycles. The van der Waals surface area contributed by atoms with Crippen molar-refractivity contribution in [1.29, 1.82) is 0 Å². The van der Waals surface area contributed by atoms with Gasteiger partial charge in [-0.3, -0.25) is 19.8 Å². The van der Waals surface area contributed by atoms with Crippen LogP contribution in [0.25, 0.3) is 44.8 Å². The number of ether oxygens (including phenoxy) is 1. The Kier molecular flexibility index (Phi) is 6.82. The molecule has 0 aliphatic carbocycles. The molecule has 2 fully saturated rings. The lowest BCUT2D eigenvalue weighted by Crippen LogP contribution is -2.64. The highest BCUT2D eigenvalue weighted by Gasteiger charge is 2.44. The number of fused-ring (bicyclic) bond motifs is 3. The zero-order valence-corrected chi connectivity index (χ0v) is 25.4. The second kappa shape index (κ2) is 10.8. The first-order valence-corrected chi connectivity index (χ1v) is 15.4. The van der Waals surface area contributed by atoms with Gasteiger partial charge in [0.2, 0.25) is 5.88 Å². The number of likely N-dealkylation sites (tertiary alicyclic amines) is 1. The predicted molar refractivity (Wildman–Crippen MR) is 167 cm³/mol. The van der Waals surface area contributed by atoms with Crippen molar-refractivity contribution in [2.24, 2.45) is 0 Å². The molecule has 10 nitrogen and oxygen atoms in total. The summed E-state index contributed by atoms with van der Waals surface area (Å²) in [5.41, 5.74) is 7.69. The molecule has 0 spiro atoms. The summed E-state index contributed by atoms with van der Waals surface area (Å²) >= 11 is 14.1. The highest BCUT2D eigenvalue weighted by atomic mass is 35.5. The van der Waals surface area contributed by atoms with Crippen LogP contribution in [0.4, 0.5) is 0 Å². The molecule has 3 aliphatic rings. The summed E-state index contributed by atoms with van der Waals surface area (Å²) in [6.07, 6.45) is 4.39. The van der Waals surface area contributed by atoms with E-state index in [9.17, 15) is 10.2 Å². The third-order valence-corrected chi connectivity index (χ3v) is 9.48. The maximum atomic E-state index is 10.1. The summed E-state index contributed by atoms with van der Waals surface area (Å²) in [5, 5.41) is 20.8. The van der Waals surface area contributed by atoms with Crippen LogP contribution in [0.1, 0.15) is 18.2 Å². The van der Waals surface area contributed by atoms with Crippen molar-refractivity contribution in [3.63, 3.8) is 0 Å². The molecule has 12 heteroatoms. The van der Waals surface area contributed by atoms with E-state index in [1.54, 1.807) is 12.4 Å². The molecule has 0 amide bonds. The Morgan fingerprint density at radius 2 is 1.55 bits per heavy atom. The van der Waals surface area contributed by atoms with Gasteiger partial charge < -0.3 is 19.5 Å². The van der Waals surface area contributed by atoms with Crippen molar-refractivity contribution in [3.8, 4) is 39.5 Å². The van der Waals surface area contributed by atoms with Crippen LogP contribution in [0.2, 0.25) is 10.0 Å². The number of halogens is 2. The van der Waals surface area contributed by atoms with Gasteiger partial charge in [-0.15, -0.1) is 0 Å². The van der Waals surface area contributed by atoms with Crippen LogP contribution < -0.4 is 4.74 Å². The minimum atomic E-state index is -0.533. The molecule has 2 N–H and O–H groups in total. The number of aromatic nitrogens is 5. The summed E-state index contributed by atoms with van der Waals surface area (Å²) in [4.78, 5) is 23.4. The number of aliphatic hydroxyl groups is 2. The molecule has 2 atom stereocenters. The van der Waals surface area contributed by atoms with Crippen LogP contribution in [0, 0.1) is 0 Å². The number of benzene rings is 2. The van der Waals surface area contributed by atoms with E-state index in [-0.39, 0.29) is 12.3 Å². The summed E-state index contributed by atoms with van der Waals surface area (Å²) in [6, 6.07) is 11.5. The van der Waals surface area contributed by atoms with Crippen LogP contribution in [0.5, 0.6) is 5.88 Å². The molecule has 5 aromatic rings. The second-order valence-corrected chi connectivity index (χ2v) is 12.3. The van der Waals surface area contributed by atoms with Crippen molar-refractivity contribution < 1.29 is 14.9 Å². The SMILES string of the molecule is CCn1cc(CN2CC(O)C2)c2ncc(-c3cccc(-c4cccc(-c5cnc6c(n5)OC5C(O)CN5C6)c4Cl)c3Cl)nc21. The maximum absolute atomic E-state index is 10.1. The van der Waals surface area contributed by atoms with Gasteiger partial charge in [-0.25, -0.2) is 9.97 Å². The van der Waals surface area contributed by atoms with Crippen molar-refractivity contribution in [1.82, 2.24) is 34.3 Å². The first kappa shape index (κ1) is 27.9. The molecule has 2 unspecified atom stereocenters. The number of aliphatic hydroxyl groups excluding tert-OH is 2. The molecule has 44 heavy (non-hydrogen) atoms. The zero-order valence-electron chi connectivity index (χ0n) is 23.9. The smallest absolute Gasteiger partial charge is 0.239 e. The molecular weight excluding hydrogens is 601 g/mol. The monoisotopic (exact) mass is 629 g/mol. The molecular formula is C32H29Cl2N7O3. The molecule has 3 aliphatic heterocycles. The lowest BCUT2D eigenvalue weighted by atomic mass is 9.98. The Hall–Kier alpha value is -3.64. The average molecular weight is 631 g/mol. The Bertz CT molecular complexity index is 1930. The molecule has 8 rings (SSSR count). The molecule has 6 heterocycles. The average Bonchev–Trinajstić information content (AvgIpc) is 3.36. The summed E-state index contributed by atoms with van der Waals surface area (Å²) in [6.45, 7) is 6.06. The van der Waals surface area contributed by atoms with Gasteiger partial charge in [-0.1, -0.05) is 59.6 Å². The van der Waals surface area contributed by atoms with Gasteiger partial charge in [0.15, 0.2) is 11.9 Å². The largest absolute Gasteiger partial charge is 0.454 e. The number of aryl methyl sites for hydroxylation is 1. The highest BCUT2D eigenvalue weighted by Crippen LogP contribution is 2.42. The van der Waals surface area contributed by atoms with Gasteiger partial charge in [0.05, 0.1) is 39.9 Å². The number of hydrogen-bond acceptors (Lipinski definition) is 9. The fourth-order valence-electron chi connectivity index (χ4n) is 6.27. The molecule has 0 radical (unpaired) electrons. The lowest BCUT2D eigenvalue weighted by Gasteiger charge is -2.46. The molecule has 0 bridgehead atoms. The van der Waals surface area contributed by atoms with E-state index < -0.39 is 6.10 Å². The predicted octanol–water partition coefficient (Wildman–Crippen LogP) is 4.62. The Balaban J connectivity index is 1.14.